The van der Waals surface area contributed by atoms with Crippen LogP contribution in [0.5, 0.6) is 0 Å². The maximum Gasteiger partial charge on any atom is 0.261 e. The second-order valence-corrected chi connectivity index (χ2v) is 7.22. The standard InChI is InChI=1S/C19H22N2O2S/c1-14-4-6-15(7-5-14)13-18(22)21-10-8-16(9-11-21)20-19(23)17-3-2-12-24-17/h2-7,12,16H,8-11,13H2,1H3,(H,20,23). The third-order valence-corrected chi connectivity index (χ3v) is 5.27. The fraction of sp³-hybridized carbons (Fsp3) is 0.368. The summed E-state index contributed by atoms with van der Waals surface area (Å²) in [6, 6.07) is 12.0. The van der Waals surface area contributed by atoms with E-state index in [0.29, 0.717) is 19.5 Å². The molecule has 0 spiro atoms. The molecule has 126 valence electrons. The number of amides is 2. The summed E-state index contributed by atoms with van der Waals surface area (Å²) >= 11 is 1.45. The Morgan fingerprint density at radius 2 is 1.88 bits per heavy atom. The van der Waals surface area contributed by atoms with Crippen LogP contribution in [-0.2, 0) is 11.2 Å². The van der Waals surface area contributed by atoms with Crippen LogP contribution in [0.15, 0.2) is 41.8 Å². The van der Waals surface area contributed by atoms with Gasteiger partial charge in [0.1, 0.15) is 0 Å². The molecule has 0 atom stereocenters. The Kier molecular flexibility index (Phi) is 5.30. The normalized spacial score (nSPS) is 15.3. The Hall–Kier alpha value is -2.14. The maximum absolute atomic E-state index is 12.4. The first-order chi connectivity index (χ1) is 11.6. The molecule has 1 aromatic heterocycles. The Balaban J connectivity index is 1.47. The zero-order chi connectivity index (χ0) is 16.9. The summed E-state index contributed by atoms with van der Waals surface area (Å²) in [7, 11) is 0. The van der Waals surface area contributed by atoms with Gasteiger partial charge in [-0.2, -0.15) is 0 Å². The average molecular weight is 342 g/mol. The van der Waals surface area contributed by atoms with E-state index in [2.05, 4.69) is 5.32 Å². The quantitative estimate of drug-likeness (QED) is 0.928. The van der Waals surface area contributed by atoms with Crippen molar-refractivity contribution in [2.75, 3.05) is 13.1 Å². The molecule has 2 heterocycles. The maximum atomic E-state index is 12.4. The van der Waals surface area contributed by atoms with Crippen LogP contribution in [-0.4, -0.2) is 35.8 Å². The van der Waals surface area contributed by atoms with Crippen molar-refractivity contribution in [3.8, 4) is 0 Å². The average Bonchev–Trinajstić information content (AvgIpc) is 3.12. The van der Waals surface area contributed by atoms with E-state index in [4.69, 9.17) is 0 Å². The van der Waals surface area contributed by atoms with Gasteiger partial charge in [0, 0.05) is 19.1 Å². The lowest BCUT2D eigenvalue weighted by atomic mass is 10.0. The van der Waals surface area contributed by atoms with E-state index < -0.39 is 0 Å². The third kappa shape index (κ3) is 4.23. The van der Waals surface area contributed by atoms with Crippen LogP contribution in [0.1, 0.15) is 33.6 Å². The number of hydrogen-bond donors (Lipinski definition) is 1. The van der Waals surface area contributed by atoms with Crippen LogP contribution in [0.25, 0.3) is 0 Å². The van der Waals surface area contributed by atoms with Crippen molar-refractivity contribution in [3.05, 3.63) is 57.8 Å². The van der Waals surface area contributed by atoms with Crippen molar-refractivity contribution in [1.82, 2.24) is 10.2 Å². The molecule has 4 nitrogen and oxygen atoms in total. The summed E-state index contributed by atoms with van der Waals surface area (Å²) in [5, 5.41) is 4.97. The number of benzene rings is 1. The molecular formula is C19H22N2O2S. The first-order valence-electron chi connectivity index (χ1n) is 8.29. The second kappa shape index (κ2) is 7.62. The van der Waals surface area contributed by atoms with Crippen molar-refractivity contribution in [2.24, 2.45) is 0 Å². The zero-order valence-electron chi connectivity index (χ0n) is 13.8. The lowest BCUT2D eigenvalue weighted by Crippen LogP contribution is -2.46. The van der Waals surface area contributed by atoms with Gasteiger partial charge in [-0.3, -0.25) is 9.59 Å². The number of aryl methyl sites for hydroxylation is 1. The molecule has 3 rings (SSSR count). The van der Waals surface area contributed by atoms with E-state index in [-0.39, 0.29) is 17.9 Å². The fourth-order valence-corrected chi connectivity index (χ4v) is 3.56. The first kappa shape index (κ1) is 16.7. The first-order valence-corrected chi connectivity index (χ1v) is 9.17. The minimum Gasteiger partial charge on any atom is -0.348 e. The highest BCUT2D eigenvalue weighted by atomic mass is 32.1. The van der Waals surface area contributed by atoms with Crippen LogP contribution in [0.4, 0.5) is 0 Å². The SMILES string of the molecule is Cc1ccc(CC(=O)N2CCC(NC(=O)c3cccs3)CC2)cc1. The molecule has 1 aliphatic heterocycles. The van der Waals surface area contributed by atoms with Crippen LogP contribution in [0.2, 0.25) is 0 Å². The molecule has 1 saturated heterocycles. The van der Waals surface area contributed by atoms with Crippen molar-refractivity contribution >= 4 is 23.2 Å². The van der Waals surface area contributed by atoms with Gasteiger partial charge in [0.05, 0.1) is 11.3 Å². The topological polar surface area (TPSA) is 49.4 Å². The number of likely N-dealkylation sites (tertiary alicyclic amines) is 1. The number of carbonyl (C=O) groups excluding carboxylic acids is 2. The van der Waals surface area contributed by atoms with Crippen molar-refractivity contribution < 1.29 is 9.59 Å². The summed E-state index contributed by atoms with van der Waals surface area (Å²) in [6.45, 7) is 3.46. The molecule has 1 N–H and O–H groups in total. The molecule has 1 fully saturated rings. The summed E-state index contributed by atoms with van der Waals surface area (Å²) in [5.74, 6) is 0.163. The molecule has 2 amide bonds. The van der Waals surface area contributed by atoms with Crippen LogP contribution < -0.4 is 5.32 Å². The highest BCUT2D eigenvalue weighted by Crippen LogP contribution is 2.15. The third-order valence-electron chi connectivity index (χ3n) is 4.40. The van der Waals surface area contributed by atoms with Crippen molar-refractivity contribution in [1.29, 1.82) is 0 Å². The van der Waals surface area contributed by atoms with E-state index >= 15 is 0 Å². The number of carbonyl (C=O) groups is 2. The molecule has 24 heavy (non-hydrogen) atoms. The van der Waals surface area contributed by atoms with Gasteiger partial charge in [-0.05, 0) is 36.8 Å². The number of nitrogens with zero attached hydrogens (tertiary/aromatic N) is 1. The molecule has 0 radical (unpaired) electrons. The summed E-state index contributed by atoms with van der Waals surface area (Å²) < 4.78 is 0. The van der Waals surface area contributed by atoms with E-state index in [0.717, 1.165) is 23.3 Å². The van der Waals surface area contributed by atoms with Crippen LogP contribution in [0.3, 0.4) is 0 Å². The predicted molar refractivity (Wildman–Crippen MR) is 96.3 cm³/mol. The van der Waals surface area contributed by atoms with E-state index in [1.165, 1.54) is 16.9 Å². The van der Waals surface area contributed by atoms with Gasteiger partial charge < -0.3 is 10.2 Å². The number of piperidine rings is 1. The lowest BCUT2D eigenvalue weighted by Gasteiger charge is -2.32. The molecule has 1 aromatic carbocycles. The monoisotopic (exact) mass is 342 g/mol. The molecule has 0 unspecified atom stereocenters. The van der Waals surface area contributed by atoms with E-state index in [9.17, 15) is 9.59 Å². The van der Waals surface area contributed by atoms with Crippen LogP contribution in [0, 0.1) is 6.92 Å². The van der Waals surface area contributed by atoms with Crippen molar-refractivity contribution in [3.63, 3.8) is 0 Å². The molecular weight excluding hydrogens is 320 g/mol. The Morgan fingerprint density at radius 3 is 2.50 bits per heavy atom. The Morgan fingerprint density at radius 1 is 1.17 bits per heavy atom. The number of hydrogen-bond acceptors (Lipinski definition) is 3. The number of nitrogens with one attached hydrogen (secondary N) is 1. The largest absolute Gasteiger partial charge is 0.348 e. The molecule has 0 bridgehead atoms. The molecule has 5 heteroatoms. The minimum atomic E-state index is -0.00516. The highest BCUT2D eigenvalue weighted by molar-refractivity contribution is 7.12. The van der Waals surface area contributed by atoms with Crippen molar-refractivity contribution in [2.45, 2.75) is 32.2 Å². The Labute approximate surface area is 146 Å². The molecule has 1 aliphatic rings. The molecule has 0 saturated carbocycles. The van der Waals surface area contributed by atoms with Gasteiger partial charge in [0.25, 0.3) is 5.91 Å². The Bertz CT molecular complexity index is 687. The number of rotatable bonds is 4. The molecule has 0 aliphatic carbocycles. The fourth-order valence-electron chi connectivity index (χ4n) is 2.93. The van der Waals surface area contributed by atoms with E-state index in [1.54, 1.807) is 0 Å². The van der Waals surface area contributed by atoms with E-state index in [1.807, 2.05) is 53.6 Å². The van der Waals surface area contributed by atoms with Gasteiger partial charge in [-0.15, -0.1) is 11.3 Å². The zero-order valence-corrected chi connectivity index (χ0v) is 14.6. The summed E-state index contributed by atoms with van der Waals surface area (Å²) in [4.78, 5) is 27.1. The van der Waals surface area contributed by atoms with Gasteiger partial charge >= 0.3 is 0 Å². The van der Waals surface area contributed by atoms with Gasteiger partial charge in [-0.25, -0.2) is 0 Å². The summed E-state index contributed by atoms with van der Waals surface area (Å²) in [6.07, 6.45) is 2.08. The van der Waals surface area contributed by atoms with Gasteiger partial charge in [-0.1, -0.05) is 35.9 Å². The number of thiophene rings is 1. The predicted octanol–water partition coefficient (Wildman–Crippen LogP) is 3.02. The molecule has 2 aromatic rings. The second-order valence-electron chi connectivity index (χ2n) is 6.27. The van der Waals surface area contributed by atoms with Gasteiger partial charge in [0.15, 0.2) is 0 Å². The van der Waals surface area contributed by atoms with Gasteiger partial charge in [0.2, 0.25) is 5.91 Å². The highest BCUT2D eigenvalue weighted by Gasteiger charge is 2.24. The van der Waals surface area contributed by atoms with Crippen LogP contribution >= 0.6 is 11.3 Å². The smallest absolute Gasteiger partial charge is 0.261 e. The summed E-state index contributed by atoms with van der Waals surface area (Å²) in [5.41, 5.74) is 2.26. The minimum absolute atomic E-state index is 0.00516. The lowest BCUT2D eigenvalue weighted by molar-refractivity contribution is -0.131.